The summed E-state index contributed by atoms with van der Waals surface area (Å²) in [7, 11) is 0. The first kappa shape index (κ1) is 18.6. The molecular weight excluding hydrogens is 350 g/mol. The van der Waals surface area contributed by atoms with Crippen molar-refractivity contribution in [1.82, 2.24) is 4.90 Å². The Bertz CT molecular complexity index is 883. The van der Waals surface area contributed by atoms with Crippen LogP contribution in [0.1, 0.15) is 53.9 Å². The first-order chi connectivity index (χ1) is 14.3. The Morgan fingerprint density at radius 1 is 0.690 bits per heavy atom. The summed E-state index contributed by atoms with van der Waals surface area (Å²) in [5, 5.41) is 0. The van der Waals surface area contributed by atoms with Gasteiger partial charge in [0.2, 0.25) is 0 Å². The standard InChI is InChI=1S/C28H31N/c1-3-9-23(10-4-1)26(24-11-5-2-6-12-24)16-20-29-21-18-28(19-22-29)17-15-25-13-7-8-14-27(25)28/h1-14,26H,15-22H2. The van der Waals surface area contributed by atoms with E-state index in [1.165, 1.54) is 62.9 Å². The topological polar surface area (TPSA) is 3.24 Å². The number of likely N-dealkylation sites (tertiary alicyclic amines) is 1. The van der Waals surface area contributed by atoms with E-state index >= 15 is 0 Å². The molecule has 3 aromatic rings. The van der Waals surface area contributed by atoms with Crippen molar-refractivity contribution in [3.05, 3.63) is 107 Å². The molecule has 0 bridgehead atoms. The molecule has 1 nitrogen and oxygen atoms in total. The third-order valence-corrected chi connectivity index (χ3v) is 7.41. The van der Waals surface area contributed by atoms with Gasteiger partial charge in [-0.05, 0) is 79.4 Å². The normalized spacial score (nSPS) is 18.2. The van der Waals surface area contributed by atoms with Crippen LogP contribution in [-0.2, 0) is 11.8 Å². The molecule has 0 unspecified atom stereocenters. The van der Waals surface area contributed by atoms with E-state index in [0.717, 1.165) is 0 Å². The van der Waals surface area contributed by atoms with E-state index in [0.29, 0.717) is 11.3 Å². The third-order valence-electron chi connectivity index (χ3n) is 7.41. The quantitative estimate of drug-likeness (QED) is 0.509. The molecule has 0 aromatic heterocycles. The molecule has 0 saturated carbocycles. The van der Waals surface area contributed by atoms with Crippen LogP contribution in [0.4, 0.5) is 0 Å². The highest BCUT2D eigenvalue weighted by Crippen LogP contribution is 2.46. The fourth-order valence-electron chi connectivity index (χ4n) is 5.70. The predicted octanol–water partition coefficient (Wildman–Crippen LogP) is 6.19. The number of hydrogen-bond acceptors (Lipinski definition) is 1. The Balaban J connectivity index is 1.26. The van der Waals surface area contributed by atoms with Gasteiger partial charge in [0, 0.05) is 5.92 Å². The second-order valence-corrected chi connectivity index (χ2v) is 8.94. The van der Waals surface area contributed by atoms with Crippen molar-refractivity contribution in [2.45, 2.75) is 43.4 Å². The summed E-state index contributed by atoms with van der Waals surface area (Å²) in [5.41, 5.74) is 6.61. The molecule has 1 aliphatic heterocycles. The first-order valence-electron chi connectivity index (χ1n) is 11.2. The molecule has 148 valence electrons. The van der Waals surface area contributed by atoms with Gasteiger partial charge in [-0.2, -0.15) is 0 Å². The van der Waals surface area contributed by atoms with Crippen LogP contribution in [0.2, 0.25) is 0 Å². The predicted molar refractivity (Wildman–Crippen MR) is 121 cm³/mol. The molecular formula is C28H31N. The van der Waals surface area contributed by atoms with Crippen LogP contribution in [0.3, 0.4) is 0 Å². The van der Waals surface area contributed by atoms with E-state index in [1.807, 2.05) is 0 Å². The maximum absolute atomic E-state index is 2.71. The van der Waals surface area contributed by atoms with Crippen molar-refractivity contribution in [2.75, 3.05) is 19.6 Å². The van der Waals surface area contributed by atoms with E-state index in [4.69, 9.17) is 0 Å². The van der Waals surface area contributed by atoms with Crippen molar-refractivity contribution in [1.29, 1.82) is 0 Å². The first-order valence-corrected chi connectivity index (χ1v) is 11.2. The largest absolute Gasteiger partial charge is 0.303 e. The Morgan fingerprint density at radius 3 is 1.93 bits per heavy atom. The summed E-state index contributed by atoms with van der Waals surface area (Å²) in [6.45, 7) is 3.67. The van der Waals surface area contributed by atoms with Crippen molar-refractivity contribution < 1.29 is 0 Å². The minimum Gasteiger partial charge on any atom is -0.303 e. The van der Waals surface area contributed by atoms with E-state index in [2.05, 4.69) is 89.8 Å². The van der Waals surface area contributed by atoms with Crippen molar-refractivity contribution >= 4 is 0 Å². The van der Waals surface area contributed by atoms with Crippen LogP contribution < -0.4 is 0 Å². The molecule has 1 heteroatoms. The number of benzene rings is 3. The SMILES string of the molecule is c1ccc(C(CCN2CCC3(CCc4ccccc43)CC2)c2ccccc2)cc1. The summed E-state index contributed by atoms with van der Waals surface area (Å²) in [6, 6.07) is 31.3. The Labute approximate surface area is 175 Å². The summed E-state index contributed by atoms with van der Waals surface area (Å²) >= 11 is 0. The highest BCUT2D eigenvalue weighted by atomic mass is 15.1. The number of nitrogens with zero attached hydrogens (tertiary/aromatic N) is 1. The van der Waals surface area contributed by atoms with Gasteiger partial charge in [0.05, 0.1) is 0 Å². The van der Waals surface area contributed by atoms with Gasteiger partial charge in [-0.1, -0.05) is 84.9 Å². The van der Waals surface area contributed by atoms with Gasteiger partial charge in [-0.15, -0.1) is 0 Å². The zero-order valence-electron chi connectivity index (χ0n) is 17.3. The van der Waals surface area contributed by atoms with Crippen LogP contribution in [0, 0.1) is 0 Å². The second kappa shape index (κ2) is 8.16. The number of fused-ring (bicyclic) bond motifs is 2. The molecule has 1 spiro atoms. The molecule has 0 amide bonds. The summed E-state index contributed by atoms with van der Waals surface area (Å²) in [4.78, 5) is 2.71. The van der Waals surface area contributed by atoms with E-state index in [1.54, 1.807) is 11.1 Å². The zero-order chi connectivity index (χ0) is 19.5. The average Bonchev–Trinajstić information content (AvgIpc) is 3.15. The van der Waals surface area contributed by atoms with Crippen molar-refractivity contribution in [2.24, 2.45) is 0 Å². The lowest BCUT2D eigenvalue weighted by molar-refractivity contribution is 0.156. The van der Waals surface area contributed by atoms with Crippen LogP contribution >= 0.6 is 0 Å². The number of aryl methyl sites for hydroxylation is 1. The maximum Gasteiger partial charge on any atom is 0.0101 e. The van der Waals surface area contributed by atoms with Crippen LogP contribution in [-0.4, -0.2) is 24.5 Å². The maximum atomic E-state index is 2.71. The van der Waals surface area contributed by atoms with Crippen molar-refractivity contribution in [3.8, 4) is 0 Å². The number of piperidine rings is 1. The van der Waals surface area contributed by atoms with Gasteiger partial charge < -0.3 is 4.90 Å². The number of rotatable bonds is 5. The molecule has 2 aliphatic rings. The summed E-state index contributed by atoms with van der Waals surface area (Å²) < 4.78 is 0. The lowest BCUT2D eigenvalue weighted by Crippen LogP contribution is -2.42. The minimum atomic E-state index is 0.464. The van der Waals surface area contributed by atoms with Crippen molar-refractivity contribution in [3.63, 3.8) is 0 Å². The minimum absolute atomic E-state index is 0.464. The molecule has 5 rings (SSSR count). The number of hydrogen-bond donors (Lipinski definition) is 0. The van der Waals surface area contributed by atoms with Gasteiger partial charge in [0.1, 0.15) is 0 Å². The van der Waals surface area contributed by atoms with E-state index in [9.17, 15) is 0 Å². The molecule has 29 heavy (non-hydrogen) atoms. The van der Waals surface area contributed by atoms with Gasteiger partial charge in [0.15, 0.2) is 0 Å². The molecule has 1 fully saturated rings. The zero-order valence-corrected chi connectivity index (χ0v) is 17.3. The molecule has 1 saturated heterocycles. The average molecular weight is 382 g/mol. The third kappa shape index (κ3) is 3.76. The monoisotopic (exact) mass is 381 g/mol. The van der Waals surface area contributed by atoms with Gasteiger partial charge in [-0.25, -0.2) is 0 Å². The van der Waals surface area contributed by atoms with E-state index < -0.39 is 0 Å². The lowest BCUT2D eigenvalue weighted by Gasteiger charge is -2.40. The summed E-state index contributed by atoms with van der Waals surface area (Å²) in [6.07, 6.45) is 6.48. The summed E-state index contributed by atoms with van der Waals surface area (Å²) in [5.74, 6) is 0.487. The van der Waals surface area contributed by atoms with Gasteiger partial charge in [-0.3, -0.25) is 0 Å². The van der Waals surface area contributed by atoms with Crippen LogP contribution in [0.15, 0.2) is 84.9 Å². The van der Waals surface area contributed by atoms with Crippen LogP contribution in [0.5, 0.6) is 0 Å². The van der Waals surface area contributed by atoms with E-state index in [-0.39, 0.29) is 0 Å². The molecule has 3 aromatic carbocycles. The van der Waals surface area contributed by atoms with Crippen LogP contribution in [0.25, 0.3) is 0 Å². The second-order valence-electron chi connectivity index (χ2n) is 8.94. The highest BCUT2D eigenvalue weighted by Gasteiger charge is 2.40. The molecule has 0 N–H and O–H groups in total. The lowest BCUT2D eigenvalue weighted by atomic mass is 9.74. The fourth-order valence-corrected chi connectivity index (χ4v) is 5.70. The van der Waals surface area contributed by atoms with Gasteiger partial charge >= 0.3 is 0 Å². The molecule has 0 radical (unpaired) electrons. The van der Waals surface area contributed by atoms with Gasteiger partial charge in [0.25, 0.3) is 0 Å². The molecule has 1 heterocycles. The fraction of sp³-hybridized carbons (Fsp3) is 0.357. The highest BCUT2D eigenvalue weighted by molar-refractivity contribution is 5.40. The molecule has 0 atom stereocenters. The Kier molecular flexibility index (Phi) is 5.24. The smallest absolute Gasteiger partial charge is 0.0101 e. The Morgan fingerprint density at radius 2 is 1.28 bits per heavy atom. The Hall–Kier alpha value is -2.38. The molecule has 1 aliphatic carbocycles.